The SMILES string of the molecule is Cc1cc(CNC(=O)[C@@H]2CCC(=O)N(CC(C)C)C2)c2[nH]c(C)c(C)c2c1. The molecule has 0 bridgehead atoms. The van der Waals surface area contributed by atoms with Crippen LogP contribution in [0.5, 0.6) is 0 Å². The number of hydrogen-bond donors (Lipinski definition) is 2. The normalized spacial score (nSPS) is 17.8. The third kappa shape index (κ3) is 4.18. The number of carbonyl (C=O) groups is 2. The molecule has 1 aliphatic heterocycles. The van der Waals surface area contributed by atoms with E-state index in [1.807, 2.05) is 4.90 Å². The molecule has 1 atom stereocenters. The molecule has 2 amide bonds. The summed E-state index contributed by atoms with van der Waals surface area (Å²) in [5.41, 5.74) is 5.84. The lowest BCUT2D eigenvalue weighted by atomic mass is 9.95. The van der Waals surface area contributed by atoms with E-state index in [0.29, 0.717) is 31.8 Å². The van der Waals surface area contributed by atoms with Crippen molar-refractivity contribution in [3.8, 4) is 0 Å². The van der Waals surface area contributed by atoms with Crippen LogP contribution in [0.4, 0.5) is 0 Å². The maximum Gasteiger partial charge on any atom is 0.225 e. The number of piperidine rings is 1. The molecule has 1 fully saturated rings. The Balaban J connectivity index is 1.70. The highest BCUT2D eigenvalue weighted by molar-refractivity contribution is 5.88. The fraction of sp³-hybridized carbons (Fsp3) is 0.545. The molecule has 2 heterocycles. The van der Waals surface area contributed by atoms with Crippen LogP contribution >= 0.6 is 0 Å². The Morgan fingerprint density at radius 2 is 2.04 bits per heavy atom. The number of hydrogen-bond acceptors (Lipinski definition) is 2. The molecule has 1 saturated heterocycles. The minimum absolute atomic E-state index is 0.0471. The summed E-state index contributed by atoms with van der Waals surface area (Å²) < 4.78 is 0. The van der Waals surface area contributed by atoms with Crippen molar-refractivity contribution in [1.29, 1.82) is 0 Å². The number of nitrogens with zero attached hydrogens (tertiary/aromatic N) is 1. The van der Waals surface area contributed by atoms with E-state index in [4.69, 9.17) is 0 Å². The van der Waals surface area contributed by atoms with Crippen LogP contribution in [0.15, 0.2) is 12.1 Å². The second kappa shape index (κ2) is 7.75. The van der Waals surface area contributed by atoms with E-state index >= 15 is 0 Å². The number of benzene rings is 1. The molecular weight excluding hydrogens is 338 g/mol. The van der Waals surface area contributed by atoms with Crippen molar-refractivity contribution in [2.75, 3.05) is 13.1 Å². The van der Waals surface area contributed by atoms with E-state index in [1.54, 1.807) is 0 Å². The average Bonchev–Trinajstić information content (AvgIpc) is 2.89. The molecule has 2 N–H and O–H groups in total. The summed E-state index contributed by atoms with van der Waals surface area (Å²) >= 11 is 0. The number of nitrogens with one attached hydrogen (secondary N) is 2. The van der Waals surface area contributed by atoms with Crippen LogP contribution in [0.25, 0.3) is 10.9 Å². The third-order valence-electron chi connectivity index (χ3n) is 5.55. The van der Waals surface area contributed by atoms with Crippen molar-refractivity contribution in [2.45, 2.75) is 54.0 Å². The minimum atomic E-state index is -0.117. The first kappa shape index (κ1) is 19.5. The van der Waals surface area contributed by atoms with Gasteiger partial charge in [0, 0.05) is 37.1 Å². The van der Waals surface area contributed by atoms with E-state index in [-0.39, 0.29) is 17.7 Å². The van der Waals surface area contributed by atoms with Gasteiger partial charge in [0.1, 0.15) is 0 Å². The zero-order valence-electron chi connectivity index (χ0n) is 17.1. The van der Waals surface area contributed by atoms with Crippen LogP contribution in [0.2, 0.25) is 0 Å². The molecular formula is C22H31N3O2. The molecule has 0 spiro atoms. The Bertz CT molecular complexity index is 866. The van der Waals surface area contributed by atoms with Crippen LogP contribution in [-0.4, -0.2) is 34.8 Å². The summed E-state index contributed by atoms with van der Waals surface area (Å²) in [6, 6.07) is 4.32. The van der Waals surface area contributed by atoms with Gasteiger partial charge in [-0.15, -0.1) is 0 Å². The van der Waals surface area contributed by atoms with Gasteiger partial charge < -0.3 is 15.2 Å². The minimum Gasteiger partial charge on any atom is -0.358 e. The molecule has 1 aromatic carbocycles. The van der Waals surface area contributed by atoms with Crippen LogP contribution in [0.3, 0.4) is 0 Å². The van der Waals surface area contributed by atoms with E-state index in [1.165, 1.54) is 22.2 Å². The van der Waals surface area contributed by atoms with Gasteiger partial charge in [-0.05, 0) is 50.3 Å². The molecule has 27 heavy (non-hydrogen) atoms. The number of amides is 2. The van der Waals surface area contributed by atoms with Crippen molar-refractivity contribution >= 4 is 22.7 Å². The Morgan fingerprint density at radius 3 is 2.74 bits per heavy atom. The molecule has 146 valence electrons. The van der Waals surface area contributed by atoms with Gasteiger partial charge in [-0.1, -0.05) is 25.5 Å². The zero-order valence-corrected chi connectivity index (χ0v) is 17.1. The largest absolute Gasteiger partial charge is 0.358 e. The molecule has 1 aliphatic rings. The van der Waals surface area contributed by atoms with Gasteiger partial charge >= 0.3 is 0 Å². The molecule has 5 heteroatoms. The molecule has 0 unspecified atom stereocenters. The van der Waals surface area contributed by atoms with Crippen LogP contribution in [0, 0.1) is 32.6 Å². The smallest absolute Gasteiger partial charge is 0.225 e. The highest BCUT2D eigenvalue weighted by Crippen LogP contribution is 2.26. The van der Waals surface area contributed by atoms with Crippen molar-refractivity contribution < 1.29 is 9.59 Å². The topological polar surface area (TPSA) is 65.2 Å². The fourth-order valence-electron chi connectivity index (χ4n) is 4.00. The van der Waals surface area contributed by atoms with Gasteiger partial charge in [0.05, 0.1) is 11.4 Å². The number of H-pyrrole nitrogens is 1. The first-order valence-corrected chi connectivity index (χ1v) is 9.90. The van der Waals surface area contributed by atoms with Gasteiger partial charge in [0.15, 0.2) is 0 Å². The van der Waals surface area contributed by atoms with E-state index in [2.05, 4.69) is 57.1 Å². The average molecular weight is 370 g/mol. The fourth-order valence-corrected chi connectivity index (χ4v) is 4.00. The van der Waals surface area contributed by atoms with Gasteiger partial charge in [0.25, 0.3) is 0 Å². The summed E-state index contributed by atoms with van der Waals surface area (Å²) in [6.45, 7) is 12.2. The van der Waals surface area contributed by atoms with E-state index in [0.717, 1.165) is 17.6 Å². The summed E-state index contributed by atoms with van der Waals surface area (Å²) in [5, 5.41) is 4.33. The molecule has 5 nitrogen and oxygen atoms in total. The number of aromatic amines is 1. The Kier molecular flexibility index (Phi) is 5.59. The molecule has 0 aliphatic carbocycles. The van der Waals surface area contributed by atoms with Crippen LogP contribution in [0.1, 0.15) is 49.1 Å². The van der Waals surface area contributed by atoms with Gasteiger partial charge in [-0.2, -0.15) is 0 Å². The maximum atomic E-state index is 12.7. The number of aromatic nitrogens is 1. The Labute approximate surface area is 161 Å². The number of likely N-dealkylation sites (tertiary alicyclic amines) is 1. The van der Waals surface area contributed by atoms with E-state index in [9.17, 15) is 9.59 Å². The maximum absolute atomic E-state index is 12.7. The molecule has 0 radical (unpaired) electrons. The standard InChI is InChI=1S/C22H31N3O2/c1-13(2)11-25-12-17(6-7-20(25)26)22(27)23-10-18-8-14(3)9-19-15(4)16(5)24-21(18)19/h8-9,13,17,24H,6-7,10-12H2,1-5H3,(H,23,27)/t17-/m1/s1. The zero-order chi connectivity index (χ0) is 19.7. The summed E-state index contributed by atoms with van der Waals surface area (Å²) in [6.07, 6.45) is 1.11. The van der Waals surface area contributed by atoms with Gasteiger partial charge in [-0.25, -0.2) is 0 Å². The van der Waals surface area contributed by atoms with Gasteiger partial charge in [-0.3, -0.25) is 9.59 Å². The Hall–Kier alpha value is -2.30. The highest BCUT2D eigenvalue weighted by atomic mass is 16.2. The first-order valence-electron chi connectivity index (χ1n) is 9.90. The number of fused-ring (bicyclic) bond motifs is 1. The van der Waals surface area contributed by atoms with Crippen molar-refractivity contribution in [2.24, 2.45) is 11.8 Å². The molecule has 0 saturated carbocycles. The molecule has 1 aromatic heterocycles. The summed E-state index contributed by atoms with van der Waals surface area (Å²) in [5.74, 6) is 0.515. The third-order valence-corrected chi connectivity index (χ3v) is 5.55. The van der Waals surface area contributed by atoms with Gasteiger partial charge in [0.2, 0.25) is 11.8 Å². The number of carbonyl (C=O) groups excluding carboxylic acids is 2. The second-order valence-electron chi connectivity index (χ2n) is 8.37. The highest BCUT2D eigenvalue weighted by Gasteiger charge is 2.30. The van der Waals surface area contributed by atoms with Crippen molar-refractivity contribution in [3.05, 3.63) is 34.5 Å². The Morgan fingerprint density at radius 1 is 1.30 bits per heavy atom. The number of aryl methyl sites for hydroxylation is 3. The lowest BCUT2D eigenvalue weighted by Gasteiger charge is -2.33. The molecule has 2 aromatic rings. The van der Waals surface area contributed by atoms with Crippen LogP contribution < -0.4 is 5.32 Å². The second-order valence-corrected chi connectivity index (χ2v) is 8.37. The predicted octanol–water partition coefficient (Wildman–Crippen LogP) is 3.60. The molecule has 3 rings (SSSR count). The lowest BCUT2D eigenvalue weighted by molar-refractivity contribution is -0.138. The summed E-state index contributed by atoms with van der Waals surface area (Å²) in [7, 11) is 0. The van der Waals surface area contributed by atoms with Crippen molar-refractivity contribution in [3.63, 3.8) is 0 Å². The van der Waals surface area contributed by atoms with E-state index < -0.39 is 0 Å². The van der Waals surface area contributed by atoms with Crippen molar-refractivity contribution in [1.82, 2.24) is 15.2 Å². The number of rotatable bonds is 5. The lowest BCUT2D eigenvalue weighted by Crippen LogP contribution is -2.46. The van der Waals surface area contributed by atoms with Crippen LogP contribution in [-0.2, 0) is 16.1 Å². The quantitative estimate of drug-likeness (QED) is 0.846. The predicted molar refractivity (Wildman–Crippen MR) is 108 cm³/mol. The summed E-state index contributed by atoms with van der Waals surface area (Å²) in [4.78, 5) is 30.1. The first-order chi connectivity index (χ1) is 12.8. The monoisotopic (exact) mass is 369 g/mol.